The van der Waals surface area contributed by atoms with Gasteiger partial charge in [0, 0.05) is 41.9 Å². The topological polar surface area (TPSA) is 62.3 Å². The molecule has 3 aliphatic rings. The summed E-state index contributed by atoms with van der Waals surface area (Å²) in [6.45, 7) is 2.33. The number of nitrogens with one attached hydrogen (secondary N) is 1. The number of halogens is 2. The highest BCUT2D eigenvalue weighted by molar-refractivity contribution is 7.09. The Labute approximate surface area is 161 Å². The van der Waals surface area contributed by atoms with Crippen LogP contribution in [0.4, 0.5) is 8.78 Å². The lowest BCUT2D eigenvalue weighted by Crippen LogP contribution is -2.44. The van der Waals surface area contributed by atoms with E-state index in [1.807, 2.05) is 17.2 Å². The lowest BCUT2D eigenvalue weighted by molar-refractivity contribution is -0.141. The van der Waals surface area contributed by atoms with Gasteiger partial charge in [-0.05, 0) is 39.0 Å². The van der Waals surface area contributed by atoms with Gasteiger partial charge in [-0.2, -0.15) is 0 Å². The van der Waals surface area contributed by atoms with Crippen molar-refractivity contribution in [3.63, 3.8) is 0 Å². The van der Waals surface area contributed by atoms with Gasteiger partial charge in [0.1, 0.15) is 5.01 Å². The van der Waals surface area contributed by atoms with Crippen LogP contribution in [0.1, 0.15) is 55.6 Å². The highest BCUT2D eigenvalue weighted by Crippen LogP contribution is 2.45. The van der Waals surface area contributed by atoms with Crippen LogP contribution in [0.2, 0.25) is 0 Å². The number of carbonyl (C=O) groups excluding carboxylic acids is 2. The summed E-state index contributed by atoms with van der Waals surface area (Å²) in [6, 6.07) is 0.00533. The fourth-order valence-corrected chi connectivity index (χ4v) is 5.60. The zero-order chi connectivity index (χ0) is 19.2. The van der Waals surface area contributed by atoms with Crippen LogP contribution in [-0.4, -0.2) is 39.7 Å². The number of hydrogen-bond acceptors (Lipinski definition) is 4. The van der Waals surface area contributed by atoms with E-state index in [0.29, 0.717) is 13.0 Å². The Hall–Kier alpha value is -1.57. The third-order valence-electron chi connectivity index (χ3n) is 6.27. The average molecular weight is 397 g/mol. The van der Waals surface area contributed by atoms with Gasteiger partial charge in [-0.25, -0.2) is 13.8 Å². The number of amides is 2. The molecule has 0 spiro atoms. The minimum Gasteiger partial charge on any atom is -0.349 e. The Bertz CT molecular complexity index is 728. The molecule has 148 valence electrons. The largest absolute Gasteiger partial charge is 0.349 e. The molecule has 1 aromatic rings. The molecule has 3 fully saturated rings. The minimum atomic E-state index is -2.63. The molecule has 1 N–H and O–H groups in total. The van der Waals surface area contributed by atoms with Crippen LogP contribution < -0.4 is 5.32 Å². The van der Waals surface area contributed by atoms with Crippen molar-refractivity contribution in [3.05, 3.63) is 16.1 Å². The van der Waals surface area contributed by atoms with E-state index in [0.717, 1.165) is 23.5 Å². The number of rotatable bonds is 4. The maximum Gasteiger partial charge on any atom is 0.248 e. The van der Waals surface area contributed by atoms with E-state index in [-0.39, 0.29) is 61.4 Å². The van der Waals surface area contributed by atoms with E-state index < -0.39 is 5.92 Å². The van der Waals surface area contributed by atoms with Crippen molar-refractivity contribution >= 4 is 23.2 Å². The van der Waals surface area contributed by atoms with E-state index in [2.05, 4.69) is 10.3 Å². The van der Waals surface area contributed by atoms with Crippen molar-refractivity contribution in [3.8, 4) is 0 Å². The van der Waals surface area contributed by atoms with Gasteiger partial charge in [0.2, 0.25) is 17.7 Å². The number of alkyl halides is 2. The summed E-state index contributed by atoms with van der Waals surface area (Å²) < 4.78 is 26.8. The van der Waals surface area contributed by atoms with Gasteiger partial charge in [0.15, 0.2) is 0 Å². The molecule has 2 amide bonds. The maximum absolute atomic E-state index is 13.4. The Kier molecular flexibility index (Phi) is 4.94. The van der Waals surface area contributed by atoms with Gasteiger partial charge in [-0.3, -0.25) is 9.59 Å². The smallest absolute Gasteiger partial charge is 0.248 e. The number of fused-ring (bicyclic) bond motifs is 2. The normalized spacial score (nSPS) is 29.9. The third kappa shape index (κ3) is 3.73. The molecule has 1 aromatic heterocycles. The minimum absolute atomic E-state index is 0.0103. The molecule has 0 aromatic carbocycles. The lowest BCUT2D eigenvalue weighted by atomic mass is 9.85. The van der Waals surface area contributed by atoms with E-state index in [9.17, 15) is 18.4 Å². The van der Waals surface area contributed by atoms with Gasteiger partial charge in [0.05, 0.1) is 12.5 Å². The number of aromatic nitrogens is 1. The van der Waals surface area contributed by atoms with Gasteiger partial charge in [0.25, 0.3) is 0 Å². The van der Waals surface area contributed by atoms with Gasteiger partial charge in [-0.15, -0.1) is 11.3 Å². The Morgan fingerprint density at radius 1 is 1.30 bits per heavy atom. The van der Waals surface area contributed by atoms with Crippen LogP contribution in [0.25, 0.3) is 0 Å². The number of carbonyl (C=O) groups is 2. The molecule has 3 heterocycles. The van der Waals surface area contributed by atoms with Crippen LogP contribution >= 0.6 is 11.3 Å². The highest BCUT2D eigenvalue weighted by Gasteiger charge is 2.52. The molecule has 2 aliphatic heterocycles. The van der Waals surface area contributed by atoms with Crippen LogP contribution in [0.15, 0.2) is 5.38 Å². The molecular weight excluding hydrogens is 372 g/mol. The monoisotopic (exact) mass is 397 g/mol. The first kappa shape index (κ1) is 18.8. The molecule has 4 rings (SSSR count). The molecule has 0 unspecified atom stereocenters. The first-order valence-corrected chi connectivity index (χ1v) is 10.6. The molecule has 2 bridgehead atoms. The summed E-state index contributed by atoms with van der Waals surface area (Å²) >= 11 is 1.52. The molecule has 0 radical (unpaired) electrons. The van der Waals surface area contributed by atoms with Gasteiger partial charge in [-0.1, -0.05) is 0 Å². The fraction of sp³-hybridized carbons (Fsp3) is 0.737. The number of hydrogen-bond donors (Lipinski definition) is 1. The number of nitrogens with zero attached hydrogens (tertiary/aromatic N) is 2. The summed E-state index contributed by atoms with van der Waals surface area (Å²) in [5, 5.41) is 5.79. The molecule has 1 saturated carbocycles. The second-order valence-corrected chi connectivity index (χ2v) is 9.06. The molecule has 1 aliphatic carbocycles. The quantitative estimate of drug-likeness (QED) is 0.848. The predicted octanol–water partition coefficient (Wildman–Crippen LogP) is 3.27. The summed E-state index contributed by atoms with van der Waals surface area (Å²) in [4.78, 5) is 31.9. The standard InChI is InChI=1S/C19H25F2N3O2S/c1-11-10-27-16(23-11)9-22-17(25)14-8-13-2-3-15(14)24(13)18(26)12-4-6-19(20,21)7-5-12/h10,12-15H,2-9H2,1H3,(H,22,25)/t13-,14+,15-/m1/s1. The van der Waals surface area contributed by atoms with Gasteiger partial charge < -0.3 is 10.2 Å². The van der Waals surface area contributed by atoms with Crippen LogP contribution in [-0.2, 0) is 16.1 Å². The Morgan fingerprint density at radius 2 is 2.04 bits per heavy atom. The van der Waals surface area contributed by atoms with Crippen molar-refractivity contribution in [1.82, 2.24) is 15.2 Å². The summed E-state index contributed by atoms with van der Waals surface area (Å²) in [7, 11) is 0. The first-order valence-electron chi connectivity index (χ1n) is 9.73. The first-order chi connectivity index (χ1) is 12.8. The van der Waals surface area contributed by atoms with Crippen molar-refractivity contribution in [2.24, 2.45) is 11.8 Å². The zero-order valence-corrected chi connectivity index (χ0v) is 16.2. The molecule has 27 heavy (non-hydrogen) atoms. The zero-order valence-electron chi connectivity index (χ0n) is 15.4. The Balaban J connectivity index is 1.36. The van der Waals surface area contributed by atoms with Crippen molar-refractivity contribution < 1.29 is 18.4 Å². The fourth-order valence-electron chi connectivity index (χ4n) is 4.89. The number of aryl methyl sites for hydroxylation is 1. The highest BCUT2D eigenvalue weighted by atomic mass is 32.1. The van der Waals surface area contributed by atoms with E-state index >= 15 is 0 Å². The van der Waals surface area contributed by atoms with Crippen LogP contribution in [0.5, 0.6) is 0 Å². The summed E-state index contributed by atoms with van der Waals surface area (Å²) in [6.07, 6.45) is 2.52. The second kappa shape index (κ2) is 7.11. The summed E-state index contributed by atoms with van der Waals surface area (Å²) in [5.41, 5.74) is 0.944. The molecule has 5 nitrogen and oxygen atoms in total. The van der Waals surface area contributed by atoms with E-state index in [1.54, 1.807) is 0 Å². The second-order valence-electron chi connectivity index (χ2n) is 8.12. The maximum atomic E-state index is 13.4. The average Bonchev–Trinajstić information content (AvgIpc) is 3.33. The SMILES string of the molecule is Cc1csc(CNC(=O)[C@H]2C[C@H]3CC[C@H]2N3C(=O)C2CCC(F)(F)CC2)n1. The summed E-state index contributed by atoms with van der Waals surface area (Å²) in [5.74, 6) is -3.17. The molecule has 2 saturated heterocycles. The molecular formula is C19H25F2N3O2S. The van der Waals surface area contributed by atoms with Crippen molar-refractivity contribution in [1.29, 1.82) is 0 Å². The lowest BCUT2D eigenvalue weighted by Gasteiger charge is -2.32. The van der Waals surface area contributed by atoms with Crippen molar-refractivity contribution in [2.45, 2.75) is 76.4 Å². The van der Waals surface area contributed by atoms with E-state index in [1.165, 1.54) is 11.3 Å². The predicted molar refractivity (Wildman–Crippen MR) is 97.4 cm³/mol. The molecule has 8 heteroatoms. The van der Waals surface area contributed by atoms with Gasteiger partial charge >= 0.3 is 0 Å². The van der Waals surface area contributed by atoms with Crippen LogP contribution in [0.3, 0.4) is 0 Å². The van der Waals surface area contributed by atoms with Crippen LogP contribution in [0, 0.1) is 18.8 Å². The Morgan fingerprint density at radius 3 is 2.70 bits per heavy atom. The van der Waals surface area contributed by atoms with E-state index in [4.69, 9.17) is 0 Å². The number of thiazole rings is 1. The molecule has 3 atom stereocenters. The third-order valence-corrected chi connectivity index (χ3v) is 7.24. The van der Waals surface area contributed by atoms with Crippen molar-refractivity contribution in [2.75, 3.05) is 0 Å².